The number of cyclic esters (lactones) is 1. The number of anilines is 2. The number of halogens is 1. The number of aromatic nitrogens is 2. The Morgan fingerprint density at radius 2 is 1.75 bits per heavy atom. The van der Waals surface area contributed by atoms with E-state index in [1.54, 1.807) is 17.0 Å². The van der Waals surface area contributed by atoms with Gasteiger partial charge in [-0.3, -0.25) is 9.89 Å². The number of nitrogens with one attached hydrogen (secondary N) is 2. The van der Waals surface area contributed by atoms with Crippen molar-refractivity contribution in [1.82, 2.24) is 10.2 Å². The van der Waals surface area contributed by atoms with Gasteiger partial charge in [-0.15, -0.1) is 0 Å². The predicted molar refractivity (Wildman–Crippen MR) is 135 cm³/mol. The van der Waals surface area contributed by atoms with Crippen molar-refractivity contribution in [2.45, 2.75) is 12.0 Å². The second-order valence-electron chi connectivity index (χ2n) is 9.03. The van der Waals surface area contributed by atoms with Crippen LogP contribution in [0.3, 0.4) is 0 Å². The quantitative estimate of drug-likeness (QED) is 0.399. The Kier molecular flexibility index (Phi) is 4.41. The molecule has 4 aromatic rings. The van der Waals surface area contributed by atoms with Crippen LogP contribution in [0, 0.1) is 0 Å². The lowest BCUT2D eigenvalue weighted by atomic mass is 9.67. The first kappa shape index (κ1) is 21.0. The van der Waals surface area contributed by atoms with Gasteiger partial charge in [0.15, 0.2) is 5.82 Å². The number of nitrogens with zero attached hydrogens (tertiary/aromatic N) is 2. The number of carbonyl (C=O) groups is 2. The summed E-state index contributed by atoms with van der Waals surface area (Å²) in [7, 11) is 0. The molecule has 0 saturated carbocycles. The molecule has 2 N–H and O–H groups in total. The number of aromatic amines is 1. The van der Waals surface area contributed by atoms with Crippen molar-refractivity contribution in [2.75, 3.05) is 16.8 Å². The first-order valence-corrected chi connectivity index (χ1v) is 11.9. The SMILES string of the molecule is O=C1OCC2=C1C1(C(=O)N(Cc3ccccc3)c3ccc(Cl)cc31)c1c(n[nH]c1-c1ccccc1)N2. The van der Waals surface area contributed by atoms with Gasteiger partial charge in [-0.05, 0) is 29.3 Å². The van der Waals surface area contributed by atoms with E-state index in [0.29, 0.717) is 45.6 Å². The Labute approximate surface area is 211 Å². The summed E-state index contributed by atoms with van der Waals surface area (Å²) in [5.41, 5.74) is 3.78. The number of ether oxygens (including phenoxy) is 1. The maximum absolute atomic E-state index is 14.8. The molecule has 3 aliphatic rings. The molecule has 7 rings (SSSR count). The summed E-state index contributed by atoms with van der Waals surface area (Å²) in [6.45, 7) is 0.389. The fourth-order valence-corrected chi connectivity index (χ4v) is 5.81. The summed E-state index contributed by atoms with van der Waals surface area (Å²) in [5, 5.41) is 11.4. The highest BCUT2D eigenvalue weighted by Gasteiger charge is 2.63. The van der Waals surface area contributed by atoms with Crippen LogP contribution < -0.4 is 10.2 Å². The Hall–Kier alpha value is -4.36. The fraction of sp³-hybridized carbons (Fsp3) is 0.107. The Bertz CT molecular complexity index is 1600. The second-order valence-corrected chi connectivity index (χ2v) is 9.47. The molecule has 8 heteroatoms. The van der Waals surface area contributed by atoms with Gasteiger partial charge in [-0.1, -0.05) is 72.3 Å². The highest BCUT2D eigenvalue weighted by Crippen LogP contribution is 2.58. The largest absolute Gasteiger partial charge is 0.456 e. The summed E-state index contributed by atoms with van der Waals surface area (Å²) < 4.78 is 5.46. The number of esters is 1. The monoisotopic (exact) mass is 494 g/mol. The number of amides is 1. The molecule has 0 aliphatic carbocycles. The van der Waals surface area contributed by atoms with Crippen molar-refractivity contribution in [1.29, 1.82) is 0 Å². The van der Waals surface area contributed by atoms with E-state index in [1.807, 2.05) is 66.7 Å². The third-order valence-electron chi connectivity index (χ3n) is 7.10. The molecule has 36 heavy (non-hydrogen) atoms. The highest BCUT2D eigenvalue weighted by molar-refractivity contribution is 6.31. The van der Waals surface area contributed by atoms with Gasteiger partial charge in [0.05, 0.1) is 23.5 Å². The van der Waals surface area contributed by atoms with E-state index >= 15 is 0 Å². The molecule has 1 unspecified atom stereocenters. The molecular formula is C28H19ClN4O3. The van der Waals surface area contributed by atoms with Gasteiger partial charge < -0.3 is 15.0 Å². The number of H-pyrrole nitrogens is 1. The lowest BCUT2D eigenvalue weighted by Gasteiger charge is -2.33. The molecule has 0 radical (unpaired) electrons. The first-order valence-electron chi connectivity index (χ1n) is 11.6. The van der Waals surface area contributed by atoms with Crippen molar-refractivity contribution >= 4 is 35.0 Å². The third-order valence-corrected chi connectivity index (χ3v) is 7.34. The van der Waals surface area contributed by atoms with Crippen molar-refractivity contribution in [3.63, 3.8) is 0 Å². The molecule has 3 aromatic carbocycles. The molecule has 3 aliphatic heterocycles. The molecule has 1 atom stereocenters. The van der Waals surface area contributed by atoms with Crippen LogP contribution in [0.1, 0.15) is 16.7 Å². The average molecular weight is 495 g/mol. The van der Waals surface area contributed by atoms with E-state index in [0.717, 1.165) is 11.1 Å². The molecule has 4 heterocycles. The van der Waals surface area contributed by atoms with Crippen LogP contribution in [0.5, 0.6) is 0 Å². The number of hydrogen-bond donors (Lipinski definition) is 2. The summed E-state index contributed by atoms with van der Waals surface area (Å²) in [4.78, 5) is 29.8. The van der Waals surface area contributed by atoms with Gasteiger partial charge in [0.1, 0.15) is 12.0 Å². The topological polar surface area (TPSA) is 87.3 Å². The van der Waals surface area contributed by atoms with Crippen molar-refractivity contribution in [3.05, 3.63) is 112 Å². The molecule has 0 fully saturated rings. The van der Waals surface area contributed by atoms with Gasteiger partial charge in [-0.25, -0.2) is 4.79 Å². The van der Waals surface area contributed by atoms with Gasteiger partial charge in [0.25, 0.3) is 0 Å². The Balaban J connectivity index is 1.55. The minimum atomic E-state index is -1.46. The molecule has 1 aromatic heterocycles. The van der Waals surface area contributed by atoms with E-state index in [1.165, 1.54) is 0 Å². The van der Waals surface area contributed by atoms with Gasteiger partial charge in [0, 0.05) is 21.8 Å². The van der Waals surface area contributed by atoms with E-state index in [9.17, 15) is 9.59 Å². The maximum atomic E-state index is 14.8. The number of benzene rings is 3. The van der Waals surface area contributed by atoms with Crippen molar-refractivity contribution < 1.29 is 14.3 Å². The number of carbonyl (C=O) groups excluding carboxylic acids is 2. The average Bonchev–Trinajstić information content (AvgIpc) is 3.56. The number of fused-ring (bicyclic) bond motifs is 5. The molecule has 0 bridgehead atoms. The molecular weight excluding hydrogens is 476 g/mol. The number of hydrogen-bond acceptors (Lipinski definition) is 5. The predicted octanol–water partition coefficient (Wildman–Crippen LogP) is 4.80. The molecule has 176 valence electrons. The van der Waals surface area contributed by atoms with Gasteiger partial charge in [0.2, 0.25) is 5.91 Å². The Morgan fingerprint density at radius 3 is 2.53 bits per heavy atom. The normalized spacial score (nSPS) is 19.8. The van der Waals surface area contributed by atoms with Crippen LogP contribution in [0.2, 0.25) is 5.02 Å². The molecule has 0 saturated heterocycles. The standard InChI is InChI=1S/C28H19ClN4O3/c29-18-11-12-21-19(13-18)28(27(35)33(21)14-16-7-3-1-4-8-16)22-20(15-36-26(22)34)30-25-23(28)24(31-32-25)17-9-5-2-6-10-17/h1-13H,14-15H2,(H2,30,31,32). The van der Waals surface area contributed by atoms with Crippen LogP contribution >= 0.6 is 11.6 Å². The lowest BCUT2D eigenvalue weighted by molar-refractivity contribution is -0.137. The zero-order chi connectivity index (χ0) is 24.4. The molecule has 1 amide bonds. The summed E-state index contributed by atoms with van der Waals surface area (Å²) in [6, 6.07) is 24.8. The van der Waals surface area contributed by atoms with Gasteiger partial charge >= 0.3 is 5.97 Å². The zero-order valence-corrected chi connectivity index (χ0v) is 19.7. The lowest BCUT2D eigenvalue weighted by Crippen LogP contribution is -2.46. The number of rotatable bonds is 3. The summed E-state index contributed by atoms with van der Waals surface area (Å²) in [6.07, 6.45) is 0. The fourth-order valence-electron chi connectivity index (χ4n) is 5.64. The highest BCUT2D eigenvalue weighted by atomic mass is 35.5. The minimum Gasteiger partial charge on any atom is -0.456 e. The van der Waals surface area contributed by atoms with Crippen LogP contribution in [-0.2, 0) is 26.3 Å². The van der Waals surface area contributed by atoms with Crippen molar-refractivity contribution in [3.8, 4) is 11.3 Å². The summed E-state index contributed by atoms with van der Waals surface area (Å²) in [5.74, 6) is -0.271. The Morgan fingerprint density at radius 1 is 1.00 bits per heavy atom. The third kappa shape index (κ3) is 2.71. The van der Waals surface area contributed by atoms with Crippen LogP contribution in [0.4, 0.5) is 11.5 Å². The van der Waals surface area contributed by atoms with Crippen LogP contribution in [0.15, 0.2) is 90.1 Å². The summed E-state index contributed by atoms with van der Waals surface area (Å²) >= 11 is 6.52. The van der Waals surface area contributed by atoms with Gasteiger partial charge in [-0.2, -0.15) is 5.10 Å². The second kappa shape index (κ2) is 7.57. The first-order chi connectivity index (χ1) is 17.6. The van der Waals surface area contributed by atoms with Crippen LogP contribution in [-0.4, -0.2) is 28.7 Å². The maximum Gasteiger partial charge on any atom is 0.338 e. The molecule has 7 nitrogen and oxygen atoms in total. The smallest absolute Gasteiger partial charge is 0.338 e. The van der Waals surface area contributed by atoms with E-state index in [4.69, 9.17) is 16.3 Å². The van der Waals surface area contributed by atoms with Crippen molar-refractivity contribution in [2.24, 2.45) is 0 Å². The minimum absolute atomic E-state index is 0.0464. The zero-order valence-electron chi connectivity index (χ0n) is 18.9. The molecule has 1 spiro atoms. The van der Waals surface area contributed by atoms with E-state index in [2.05, 4.69) is 15.5 Å². The van der Waals surface area contributed by atoms with E-state index in [-0.39, 0.29) is 18.1 Å². The van der Waals surface area contributed by atoms with Crippen LogP contribution in [0.25, 0.3) is 11.3 Å². The van der Waals surface area contributed by atoms with E-state index < -0.39 is 11.4 Å².